The molecule has 0 aliphatic carbocycles. The van der Waals surface area contributed by atoms with E-state index in [0.29, 0.717) is 6.61 Å². The van der Waals surface area contributed by atoms with Crippen molar-refractivity contribution in [3.8, 4) is 0 Å². The summed E-state index contributed by atoms with van der Waals surface area (Å²) in [6.07, 6.45) is 2.20. The fourth-order valence-electron chi connectivity index (χ4n) is 1.86. The van der Waals surface area contributed by atoms with Gasteiger partial charge in [-0.3, -0.25) is 9.63 Å². The van der Waals surface area contributed by atoms with E-state index in [-0.39, 0.29) is 17.4 Å². The Morgan fingerprint density at radius 1 is 1.64 bits per heavy atom. The number of rotatable bonds is 3. The molecule has 1 unspecified atom stereocenters. The third-order valence-corrected chi connectivity index (χ3v) is 2.71. The Balaban J connectivity index is 2.51. The monoisotopic (exact) mass is 200 g/mol. The molecule has 0 aromatic rings. The normalized spacial score (nSPS) is 25.8. The quantitative estimate of drug-likeness (QED) is 0.663. The summed E-state index contributed by atoms with van der Waals surface area (Å²) in [6, 6.07) is -0.136. The minimum Gasteiger partial charge on any atom is -0.305 e. The second kappa shape index (κ2) is 4.75. The van der Waals surface area contributed by atoms with Crippen LogP contribution in [0.15, 0.2) is 0 Å². The standard InChI is InChI=1S/C10H20N2O2/c1-4-14-12-9(13)8-10(2,3)6-5-7-11-8/h8,11H,4-7H2,1-3H3,(H,12,13). The predicted molar refractivity (Wildman–Crippen MR) is 54.6 cm³/mol. The van der Waals surface area contributed by atoms with Crippen LogP contribution >= 0.6 is 0 Å². The van der Waals surface area contributed by atoms with Crippen molar-refractivity contribution in [3.05, 3.63) is 0 Å². The van der Waals surface area contributed by atoms with E-state index in [1.807, 2.05) is 6.92 Å². The zero-order valence-corrected chi connectivity index (χ0v) is 9.22. The van der Waals surface area contributed by atoms with E-state index in [0.717, 1.165) is 19.4 Å². The summed E-state index contributed by atoms with van der Waals surface area (Å²) in [4.78, 5) is 16.6. The van der Waals surface area contributed by atoms with Crippen LogP contribution in [0.3, 0.4) is 0 Å². The van der Waals surface area contributed by atoms with Gasteiger partial charge in [0, 0.05) is 0 Å². The number of piperidine rings is 1. The topological polar surface area (TPSA) is 50.4 Å². The van der Waals surface area contributed by atoms with Crippen molar-refractivity contribution in [2.24, 2.45) is 5.41 Å². The van der Waals surface area contributed by atoms with E-state index in [9.17, 15) is 4.79 Å². The van der Waals surface area contributed by atoms with Crippen molar-refractivity contribution < 1.29 is 9.63 Å². The molecule has 0 aromatic carbocycles. The average Bonchev–Trinajstić information content (AvgIpc) is 2.13. The summed E-state index contributed by atoms with van der Waals surface area (Å²) in [5.74, 6) is -0.0587. The summed E-state index contributed by atoms with van der Waals surface area (Å²) < 4.78 is 0. The Morgan fingerprint density at radius 3 is 2.93 bits per heavy atom. The van der Waals surface area contributed by atoms with Crippen LogP contribution in [0.25, 0.3) is 0 Å². The molecule has 1 aliphatic heterocycles. The number of hydrogen-bond acceptors (Lipinski definition) is 3. The third kappa shape index (κ3) is 2.69. The van der Waals surface area contributed by atoms with Gasteiger partial charge in [-0.2, -0.15) is 0 Å². The van der Waals surface area contributed by atoms with Gasteiger partial charge in [0.1, 0.15) is 0 Å². The van der Waals surface area contributed by atoms with Crippen molar-refractivity contribution in [2.45, 2.75) is 39.7 Å². The lowest BCUT2D eigenvalue weighted by atomic mass is 9.77. The van der Waals surface area contributed by atoms with E-state index in [2.05, 4.69) is 24.6 Å². The summed E-state index contributed by atoms with van der Waals surface area (Å²) in [6.45, 7) is 7.47. The van der Waals surface area contributed by atoms with E-state index >= 15 is 0 Å². The number of amides is 1. The van der Waals surface area contributed by atoms with Crippen molar-refractivity contribution in [3.63, 3.8) is 0 Å². The molecule has 0 radical (unpaired) electrons. The molecule has 4 heteroatoms. The van der Waals surface area contributed by atoms with Crippen LogP contribution in [0.4, 0.5) is 0 Å². The lowest BCUT2D eigenvalue weighted by Crippen LogP contribution is -2.55. The molecule has 1 fully saturated rings. The van der Waals surface area contributed by atoms with Crippen molar-refractivity contribution in [1.29, 1.82) is 0 Å². The summed E-state index contributed by atoms with van der Waals surface area (Å²) >= 11 is 0. The highest BCUT2D eigenvalue weighted by Gasteiger charge is 2.37. The minimum atomic E-state index is -0.136. The largest absolute Gasteiger partial charge is 0.305 e. The van der Waals surface area contributed by atoms with Gasteiger partial charge >= 0.3 is 0 Å². The van der Waals surface area contributed by atoms with Crippen LogP contribution in [-0.4, -0.2) is 25.1 Å². The Bertz CT molecular complexity index is 204. The summed E-state index contributed by atoms with van der Waals surface area (Å²) in [5.41, 5.74) is 2.47. The SMILES string of the molecule is CCONC(=O)C1NCCCC1(C)C. The highest BCUT2D eigenvalue weighted by atomic mass is 16.6. The van der Waals surface area contributed by atoms with Crippen LogP contribution in [0, 0.1) is 5.41 Å². The summed E-state index contributed by atoms with van der Waals surface area (Å²) in [5, 5.41) is 3.23. The van der Waals surface area contributed by atoms with Crippen LogP contribution in [0.1, 0.15) is 33.6 Å². The van der Waals surface area contributed by atoms with Gasteiger partial charge in [-0.25, -0.2) is 5.48 Å². The molecule has 1 aliphatic rings. The number of carbonyl (C=O) groups is 1. The van der Waals surface area contributed by atoms with Gasteiger partial charge in [-0.1, -0.05) is 13.8 Å². The highest BCUT2D eigenvalue weighted by molar-refractivity contribution is 5.81. The Morgan fingerprint density at radius 2 is 2.36 bits per heavy atom. The fourth-order valence-corrected chi connectivity index (χ4v) is 1.86. The van der Waals surface area contributed by atoms with Crippen molar-refractivity contribution >= 4 is 5.91 Å². The van der Waals surface area contributed by atoms with Gasteiger partial charge in [-0.05, 0) is 31.7 Å². The van der Waals surface area contributed by atoms with E-state index in [1.165, 1.54) is 0 Å². The second-order valence-corrected chi connectivity index (χ2v) is 4.38. The molecule has 0 bridgehead atoms. The first kappa shape index (κ1) is 11.5. The van der Waals surface area contributed by atoms with Crippen molar-refractivity contribution in [2.75, 3.05) is 13.2 Å². The van der Waals surface area contributed by atoms with Crippen molar-refractivity contribution in [1.82, 2.24) is 10.8 Å². The fraction of sp³-hybridized carbons (Fsp3) is 0.900. The van der Waals surface area contributed by atoms with Crippen LogP contribution < -0.4 is 10.8 Å². The van der Waals surface area contributed by atoms with Gasteiger partial charge in [0.25, 0.3) is 5.91 Å². The van der Waals surface area contributed by atoms with Crippen LogP contribution in [0.2, 0.25) is 0 Å². The van der Waals surface area contributed by atoms with Gasteiger partial charge in [-0.15, -0.1) is 0 Å². The number of hydrogen-bond donors (Lipinski definition) is 2. The zero-order chi connectivity index (χ0) is 10.6. The first-order valence-corrected chi connectivity index (χ1v) is 5.23. The zero-order valence-electron chi connectivity index (χ0n) is 9.22. The maximum Gasteiger partial charge on any atom is 0.261 e. The highest BCUT2D eigenvalue weighted by Crippen LogP contribution is 2.29. The molecule has 4 nitrogen and oxygen atoms in total. The second-order valence-electron chi connectivity index (χ2n) is 4.38. The maximum atomic E-state index is 11.7. The first-order chi connectivity index (χ1) is 6.58. The maximum absolute atomic E-state index is 11.7. The molecule has 1 heterocycles. The average molecular weight is 200 g/mol. The number of nitrogens with one attached hydrogen (secondary N) is 2. The number of carbonyl (C=O) groups excluding carboxylic acids is 1. The van der Waals surface area contributed by atoms with Gasteiger partial charge < -0.3 is 5.32 Å². The molecular formula is C10H20N2O2. The smallest absolute Gasteiger partial charge is 0.261 e. The van der Waals surface area contributed by atoms with Crippen LogP contribution in [0.5, 0.6) is 0 Å². The van der Waals surface area contributed by atoms with Crippen LogP contribution in [-0.2, 0) is 9.63 Å². The molecule has 1 saturated heterocycles. The molecule has 0 spiro atoms. The van der Waals surface area contributed by atoms with Gasteiger partial charge in [0.2, 0.25) is 0 Å². The van der Waals surface area contributed by atoms with Gasteiger partial charge in [0.15, 0.2) is 0 Å². The van der Waals surface area contributed by atoms with Gasteiger partial charge in [0.05, 0.1) is 12.6 Å². The molecule has 1 rings (SSSR count). The molecule has 82 valence electrons. The molecule has 0 aromatic heterocycles. The Labute approximate surface area is 85.3 Å². The number of hydroxylamine groups is 1. The Kier molecular flexibility index (Phi) is 3.89. The molecule has 0 saturated carbocycles. The van der Waals surface area contributed by atoms with E-state index < -0.39 is 0 Å². The third-order valence-electron chi connectivity index (χ3n) is 2.71. The van der Waals surface area contributed by atoms with E-state index in [4.69, 9.17) is 4.84 Å². The molecular weight excluding hydrogens is 180 g/mol. The molecule has 1 amide bonds. The molecule has 2 N–H and O–H groups in total. The predicted octanol–water partition coefficient (Wildman–Crippen LogP) is 0.832. The minimum absolute atomic E-state index is 0.0133. The molecule has 1 atom stereocenters. The lowest BCUT2D eigenvalue weighted by Gasteiger charge is -2.37. The van der Waals surface area contributed by atoms with E-state index in [1.54, 1.807) is 0 Å². The Hall–Kier alpha value is -0.610. The lowest BCUT2D eigenvalue weighted by molar-refractivity contribution is -0.139. The first-order valence-electron chi connectivity index (χ1n) is 5.23. The summed E-state index contributed by atoms with van der Waals surface area (Å²) in [7, 11) is 0. The molecule has 14 heavy (non-hydrogen) atoms.